The highest BCUT2D eigenvalue weighted by Gasteiger charge is 2.09. The molecule has 112 valence electrons. The van der Waals surface area contributed by atoms with Crippen LogP contribution in [0.15, 0.2) is 6.07 Å². The molecule has 0 radical (unpaired) electrons. The van der Waals surface area contributed by atoms with Crippen LogP contribution in [0.2, 0.25) is 0 Å². The van der Waals surface area contributed by atoms with Crippen LogP contribution in [0.3, 0.4) is 0 Å². The zero-order valence-corrected chi connectivity index (χ0v) is 12.3. The molecule has 6 heteroatoms. The van der Waals surface area contributed by atoms with Crippen LogP contribution in [0.25, 0.3) is 0 Å². The first-order valence-corrected chi connectivity index (χ1v) is 6.90. The van der Waals surface area contributed by atoms with Crippen LogP contribution in [-0.4, -0.2) is 34.7 Å². The Morgan fingerprint density at radius 2 is 2.20 bits per heavy atom. The molecule has 1 aromatic rings. The maximum atomic E-state index is 10.6. The summed E-state index contributed by atoms with van der Waals surface area (Å²) in [4.78, 5) is 19.1. The third-order valence-electron chi connectivity index (χ3n) is 3.22. The molecule has 1 rings (SSSR count). The Morgan fingerprint density at radius 3 is 2.80 bits per heavy atom. The van der Waals surface area contributed by atoms with Crippen molar-refractivity contribution in [2.24, 2.45) is 5.92 Å². The molecular formula is C14H23N3O3. The lowest BCUT2D eigenvalue weighted by atomic mass is 9.97. The molecule has 0 bridgehead atoms. The zero-order valence-electron chi connectivity index (χ0n) is 12.3. The second kappa shape index (κ2) is 8.35. The number of anilines is 1. The van der Waals surface area contributed by atoms with E-state index in [-0.39, 0.29) is 6.42 Å². The molecule has 1 aromatic heterocycles. The molecule has 1 atom stereocenters. The second-order valence-corrected chi connectivity index (χ2v) is 4.80. The van der Waals surface area contributed by atoms with E-state index in [1.165, 1.54) is 0 Å². The molecule has 0 saturated carbocycles. The molecule has 0 spiro atoms. The van der Waals surface area contributed by atoms with Crippen LogP contribution in [0.1, 0.15) is 38.3 Å². The predicted octanol–water partition coefficient (Wildman–Crippen LogP) is 2.49. The number of hydrogen-bond donors (Lipinski definition) is 2. The summed E-state index contributed by atoms with van der Waals surface area (Å²) in [6.07, 6.45) is 2.83. The molecule has 2 N–H and O–H groups in total. The van der Waals surface area contributed by atoms with Crippen molar-refractivity contribution in [2.75, 3.05) is 19.0 Å². The van der Waals surface area contributed by atoms with E-state index < -0.39 is 5.97 Å². The van der Waals surface area contributed by atoms with E-state index in [1.54, 1.807) is 13.2 Å². The Labute approximate surface area is 119 Å². The Bertz CT molecular complexity index is 438. The quantitative estimate of drug-likeness (QED) is 0.723. The van der Waals surface area contributed by atoms with Gasteiger partial charge in [-0.05, 0) is 25.7 Å². The molecule has 0 amide bonds. The predicted molar refractivity (Wildman–Crippen MR) is 77.1 cm³/mol. The minimum absolute atomic E-state index is 0.229. The van der Waals surface area contributed by atoms with Gasteiger partial charge in [0.05, 0.1) is 7.11 Å². The lowest BCUT2D eigenvalue weighted by molar-refractivity contribution is -0.137. The summed E-state index contributed by atoms with van der Waals surface area (Å²) >= 11 is 0. The summed E-state index contributed by atoms with van der Waals surface area (Å²) in [5.74, 6) is 0.765. The maximum absolute atomic E-state index is 10.6. The van der Waals surface area contributed by atoms with Crippen molar-refractivity contribution in [1.82, 2.24) is 9.97 Å². The molecule has 20 heavy (non-hydrogen) atoms. The Balaban J connectivity index is 2.42. The third-order valence-corrected chi connectivity index (χ3v) is 3.22. The van der Waals surface area contributed by atoms with Gasteiger partial charge in [0.15, 0.2) is 0 Å². The highest BCUT2D eigenvalue weighted by atomic mass is 16.5. The number of nitrogens with one attached hydrogen (secondary N) is 1. The van der Waals surface area contributed by atoms with E-state index >= 15 is 0 Å². The van der Waals surface area contributed by atoms with E-state index in [0.717, 1.165) is 25.1 Å². The number of methoxy groups -OCH3 is 1. The number of carboxylic acids is 1. The molecule has 1 unspecified atom stereocenters. The normalized spacial score (nSPS) is 11.9. The van der Waals surface area contributed by atoms with Crippen molar-refractivity contribution >= 4 is 11.9 Å². The molecule has 0 aliphatic rings. The van der Waals surface area contributed by atoms with Crippen LogP contribution in [0, 0.1) is 12.8 Å². The SMILES string of the molecule is CCC(CCNc1nc(C)cc(OC)n1)CCC(=O)O. The summed E-state index contributed by atoms with van der Waals surface area (Å²) in [5, 5.41) is 11.9. The van der Waals surface area contributed by atoms with E-state index in [2.05, 4.69) is 22.2 Å². The monoisotopic (exact) mass is 281 g/mol. The lowest BCUT2D eigenvalue weighted by Crippen LogP contribution is -2.12. The van der Waals surface area contributed by atoms with Crippen molar-refractivity contribution in [2.45, 2.75) is 39.5 Å². The molecule has 6 nitrogen and oxygen atoms in total. The van der Waals surface area contributed by atoms with Gasteiger partial charge in [0.1, 0.15) is 0 Å². The number of carboxylic acid groups (broad SMARTS) is 1. The Morgan fingerprint density at radius 1 is 1.45 bits per heavy atom. The number of aryl methyl sites for hydroxylation is 1. The van der Waals surface area contributed by atoms with Crippen LogP contribution >= 0.6 is 0 Å². The number of rotatable bonds is 9. The first-order chi connectivity index (χ1) is 9.55. The van der Waals surface area contributed by atoms with Crippen LogP contribution < -0.4 is 10.1 Å². The van der Waals surface area contributed by atoms with Gasteiger partial charge >= 0.3 is 5.97 Å². The van der Waals surface area contributed by atoms with Crippen molar-refractivity contribution < 1.29 is 14.6 Å². The van der Waals surface area contributed by atoms with Gasteiger partial charge in [-0.15, -0.1) is 0 Å². The van der Waals surface area contributed by atoms with Gasteiger partial charge < -0.3 is 15.2 Å². The topological polar surface area (TPSA) is 84.3 Å². The summed E-state index contributed by atoms with van der Waals surface area (Å²) in [5.41, 5.74) is 0.845. The molecular weight excluding hydrogens is 258 g/mol. The molecule has 0 fully saturated rings. The van der Waals surface area contributed by atoms with E-state index in [1.807, 2.05) is 6.92 Å². The van der Waals surface area contributed by atoms with Gasteiger partial charge in [-0.25, -0.2) is 4.98 Å². The fraction of sp³-hybridized carbons (Fsp3) is 0.643. The fourth-order valence-electron chi connectivity index (χ4n) is 1.99. The van der Waals surface area contributed by atoms with Crippen molar-refractivity contribution in [1.29, 1.82) is 0 Å². The van der Waals surface area contributed by atoms with Crippen molar-refractivity contribution in [3.63, 3.8) is 0 Å². The van der Waals surface area contributed by atoms with Crippen LogP contribution in [-0.2, 0) is 4.79 Å². The lowest BCUT2D eigenvalue weighted by Gasteiger charge is -2.14. The van der Waals surface area contributed by atoms with Gasteiger partial charge in [-0.3, -0.25) is 4.79 Å². The van der Waals surface area contributed by atoms with Gasteiger partial charge in [0.2, 0.25) is 11.8 Å². The standard InChI is InChI=1S/C14H23N3O3/c1-4-11(5-6-13(18)19)7-8-15-14-16-10(2)9-12(17-14)20-3/h9,11H,4-8H2,1-3H3,(H,18,19)(H,15,16,17). The van der Waals surface area contributed by atoms with Crippen LogP contribution in [0.4, 0.5) is 5.95 Å². The van der Waals surface area contributed by atoms with Gasteiger partial charge in [0, 0.05) is 24.7 Å². The second-order valence-electron chi connectivity index (χ2n) is 4.80. The number of aliphatic carboxylic acids is 1. The number of ether oxygens (including phenoxy) is 1. The third kappa shape index (κ3) is 5.86. The summed E-state index contributed by atoms with van der Waals surface area (Å²) in [7, 11) is 1.57. The average molecular weight is 281 g/mol. The number of hydrogen-bond acceptors (Lipinski definition) is 5. The molecule has 0 aliphatic carbocycles. The average Bonchev–Trinajstić information content (AvgIpc) is 2.41. The number of carbonyl (C=O) groups is 1. The van der Waals surface area contributed by atoms with Crippen molar-refractivity contribution in [3.8, 4) is 5.88 Å². The molecule has 0 saturated heterocycles. The van der Waals surface area contributed by atoms with Crippen LogP contribution in [0.5, 0.6) is 5.88 Å². The van der Waals surface area contributed by atoms with E-state index in [4.69, 9.17) is 9.84 Å². The van der Waals surface area contributed by atoms with Crippen molar-refractivity contribution in [3.05, 3.63) is 11.8 Å². The van der Waals surface area contributed by atoms with E-state index in [0.29, 0.717) is 24.2 Å². The summed E-state index contributed by atoms with van der Waals surface area (Å²) in [6, 6.07) is 1.77. The summed E-state index contributed by atoms with van der Waals surface area (Å²) in [6.45, 7) is 4.69. The minimum atomic E-state index is -0.733. The molecule has 1 heterocycles. The highest BCUT2D eigenvalue weighted by molar-refractivity contribution is 5.66. The highest BCUT2D eigenvalue weighted by Crippen LogP contribution is 2.16. The summed E-state index contributed by atoms with van der Waals surface area (Å²) < 4.78 is 5.09. The molecule has 0 aliphatic heterocycles. The zero-order chi connectivity index (χ0) is 15.0. The van der Waals surface area contributed by atoms with Gasteiger partial charge in [0.25, 0.3) is 0 Å². The molecule has 0 aromatic carbocycles. The first kappa shape index (κ1) is 16.2. The fourth-order valence-corrected chi connectivity index (χ4v) is 1.99. The maximum Gasteiger partial charge on any atom is 0.303 e. The minimum Gasteiger partial charge on any atom is -0.481 e. The Kier molecular flexibility index (Phi) is 6.76. The van der Waals surface area contributed by atoms with Gasteiger partial charge in [-0.1, -0.05) is 13.3 Å². The Hall–Kier alpha value is -1.85. The van der Waals surface area contributed by atoms with E-state index in [9.17, 15) is 4.79 Å². The largest absolute Gasteiger partial charge is 0.481 e. The smallest absolute Gasteiger partial charge is 0.303 e. The number of nitrogens with zero attached hydrogens (tertiary/aromatic N) is 2. The number of aromatic nitrogens is 2. The first-order valence-electron chi connectivity index (χ1n) is 6.90. The van der Waals surface area contributed by atoms with Gasteiger partial charge in [-0.2, -0.15) is 4.98 Å².